The Morgan fingerprint density at radius 1 is 0.534 bits per heavy atom. The molecule has 9 aromatic carbocycles. The summed E-state index contributed by atoms with van der Waals surface area (Å²) in [5, 5.41) is 15.9. The van der Waals surface area contributed by atoms with E-state index in [1.54, 1.807) is 0 Å². The van der Waals surface area contributed by atoms with E-state index in [4.69, 9.17) is 9.41 Å². The number of furan rings is 1. The molecule has 4 heteroatoms. The van der Waals surface area contributed by atoms with Crippen molar-refractivity contribution in [3.63, 3.8) is 0 Å². The van der Waals surface area contributed by atoms with Crippen LogP contribution in [-0.2, 0) is 0 Å². The van der Waals surface area contributed by atoms with Crippen LogP contribution in [0.4, 0.5) is 0 Å². The largest absolute Gasteiger partial charge is 0.454 e. The van der Waals surface area contributed by atoms with Crippen LogP contribution in [0.15, 0.2) is 191 Å². The fraction of sp³-hybridized carbons (Fsp3) is 0.0926. The van der Waals surface area contributed by atoms with Gasteiger partial charge >= 0.3 is 0 Å². The van der Waals surface area contributed by atoms with Gasteiger partial charge in [0, 0.05) is 38.4 Å². The van der Waals surface area contributed by atoms with E-state index in [1.807, 2.05) is 0 Å². The average molecular weight is 746 g/mol. The molecule has 12 rings (SSSR count). The second-order valence-corrected chi connectivity index (χ2v) is 15.8. The molecule has 2 aromatic heterocycles. The zero-order valence-electron chi connectivity index (χ0n) is 32.1. The third kappa shape index (κ3) is 4.98. The number of nitrogens with zero attached hydrogens (tertiary/aromatic N) is 2. The molecule has 58 heavy (non-hydrogen) atoms. The Morgan fingerprint density at radius 3 is 2.02 bits per heavy atom. The first-order chi connectivity index (χ1) is 28.7. The number of amidine groups is 1. The SMILES string of the molecule is CCC1C(c2cc(-n3c4cc5ccccc5cc4c4ccc5ccccc5c43)c3oc4ccccc4c3c2)N=C(c2cccc3ccccc23)NC1c1ccccc1. The second kappa shape index (κ2) is 12.9. The third-order valence-electron chi connectivity index (χ3n) is 12.7. The highest BCUT2D eigenvalue weighted by Crippen LogP contribution is 2.47. The van der Waals surface area contributed by atoms with Crippen molar-refractivity contribution >= 4 is 81.9 Å². The lowest BCUT2D eigenvalue weighted by Gasteiger charge is -2.38. The van der Waals surface area contributed by atoms with E-state index in [1.165, 1.54) is 59.7 Å². The van der Waals surface area contributed by atoms with E-state index >= 15 is 0 Å². The fourth-order valence-electron chi connectivity index (χ4n) is 9.94. The van der Waals surface area contributed by atoms with Gasteiger partial charge in [-0.25, -0.2) is 0 Å². The summed E-state index contributed by atoms with van der Waals surface area (Å²) < 4.78 is 9.45. The maximum atomic E-state index is 6.96. The van der Waals surface area contributed by atoms with Crippen molar-refractivity contribution in [2.45, 2.75) is 25.4 Å². The lowest BCUT2D eigenvalue weighted by Crippen LogP contribution is -2.41. The predicted molar refractivity (Wildman–Crippen MR) is 242 cm³/mol. The molecule has 0 saturated heterocycles. The number of benzene rings is 9. The summed E-state index contributed by atoms with van der Waals surface area (Å²) >= 11 is 0. The Labute approximate surface area is 335 Å². The number of para-hydroxylation sites is 1. The molecule has 4 nitrogen and oxygen atoms in total. The first kappa shape index (κ1) is 33.0. The van der Waals surface area contributed by atoms with E-state index in [0.29, 0.717) is 0 Å². The van der Waals surface area contributed by atoms with Crippen LogP contribution in [0.1, 0.15) is 42.1 Å². The normalized spacial score (nSPS) is 17.2. The molecule has 0 spiro atoms. The quantitative estimate of drug-likeness (QED) is 0.191. The van der Waals surface area contributed by atoms with Gasteiger partial charge < -0.3 is 14.3 Å². The van der Waals surface area contributed by atoms with E-state index in [0.717, 1.165) is 51.0 Å². The number of rotatable bonds is 5. The molecular weight excluding hydrogens is 707 g/mol. The molecule has 0 radical (unpaired) electrons. The van der Waals surface area contributed by atoms with E-state index in [-0.39, 0.29) is 18.0 Å². The maximum Gasteiger partial charge on any atom is 0.159 e. The average Bonchev–Trinajstić information content (AvgIpc) is 3.83. The molecule has 11 aromatic rings. The van der Waals surface area contributed by atoms with Crippen molar-refractivity contribution in [2.24, 2.45) is 10.9 Å². The van der Waals surface area contributed by atoms with Gasteiger partial charge in [-0.1, -0.05) is 159 Å². The monoisotopic (exact) mass is 745 g/mol. The summed E-state index contributed by atoms with van der Waals surface area (Å²) in [4.78, 5) is 5.78. The number of aromatic nitrogens is 1. The van der Waals surface area contributed by atoms with Gasteiger partial charge in [0.15, 0.2) is 5.58 Å². The molecule has 3 heterocycles. The van der Waals surface area contributed by atoms with Gasteiger partial charge in [0.2, 0.25) is 0 Å². The van der Waals surface area contributed by atoms with Crippen molar-refractivity contribution < 1.29 is 4.42 Å². The summed E-state index contributed by atoms with van der Waals surface area (Å²) in [6.07, 6.45) is 0.940. The first-order valence-corrected chi connectivity index (χ1v) is 20.4. The number of aliphatic imine (C=N–C) groups is 1. The highest BCUT2D eigenvalue weighted by molar-refractivity contribution is 6.22. The van der Waals surface area contributed by atoms with Gasteiger partial charge in [-0.2, -0.15) is 0 Å². The van der Waals surface area contributed by atoms with Crippen molar-refractivity contribution in [3.8, 4) is 5.69 Å². The molecular formula is C54H39N3O. The van der Waals surface area contributed by atoms with Crippen LogP contribution >= 0.6 is 0 Å². The predicted octanol–water partition coefficient (Wildman–Crippen LogP) is 14.0. The summed E-state index contributed by atoms with van der Waals surface area (Å²) in [6.45, 7) is 2.31. The summed E-state index contributed by atoms with van der Waals surface area (Å²) in [5.41, 5.74) is 8.69. The molecule has 1 aliphatic rings. The maximum absolute atomic E-state index is 6.96. The second-order valence-electron chi connectivity index (χ2n) is 15.8. The molecule has 0 saturated carbocycles. The molecule has 0 bridgehead atoms. The molecule has 3 unspecified atom stereocenters. The Hall–Kier alpha value is -7.17. The number of fused-ring (bicyclic) bond motifs is 10. The minimum Gasteiger partial charge on any atom is -0.454 e. The van der Waals surface area contributed by atoms with Crippen molar-refractivity contribution in [1.29, 1.82) is 0 Å². The standard InChI is InChI=1S/C54H39N3O/c1-2-39-50(35-17-4-3-5-18-35)55-54(44-25-14-21-33-15-8-10-22-40(33)44)56-51(39)38-30-46-42-24-12-13-26-49(42)58-53(46)48(32-38)57-47-31-37-20-7-6-19-36(37)29-45(47)43-28-27-34-16-9-11-23-41(34)52(43)57/h3-32,39,50-51H,2H2,1H3,(H,55,56). The highest BCUT2D eigenvalue weighted by Gasteiger charge is 2.37. The van der Waals surface area contributed by atoms with Crippen LogP contribution in [0.2, 0.25) is 0 Å². The highest BCUT2D eigenvalue weighted by atomic mass is 16.3. The Morgan fingerprint density at radius 2 is 1.21 bits per heavy atom. The van der Waals surface area contributed by atoms with Gasteiger partial charge in [-0.3, -0.25) is 4.99 Å². The van der Waals surface area contributed by atoms with Gasteiger partial charge in [0.05, 0.1) is 28.8 Å². The molecule has 0 amide bonds. The van der Waals surface area contributed by atoms with Gasteiger partial charge in [0.1, 0.15) is 11.4 Å². The smallest absolute Gasteiger partial charge is 0.159 e. The van der Waals surface area contributed by atoms with Gasteiger partial charge in [-0.05, 0) is 74.8 Å². The lowest BCUT2D eigenvalue weighted by atomic mass is 9.80. The van der Waals surface area contributed by atoms with Crippen LogP contribution < -0.4 is 5.32 Å². The fourth-order valence-corrected chi connectivity index (χ4v) is 9.94. The Kier molecular flexibility index (Phi) is 7.36. The molecule has 1 N–H and O–H groups in total. The topological polar surface area (TPSA) is 42.5 Å². The third-order valence-corrected chi connectivity index (χ3v) is 12.7. The molecule has 0 aliphatic carbocycles. The summed E-state index contributed by atoms with van der Waals surface area (Å²) in [7, 11) is 0. The number of hydrogen-bond acceptors (Lipinski definition) is 3. The van der Waals surface area contributed by atoms with Crippen LogP contribution in [0, 0.1) is 5.92 Å². The van der Waals surface area contributed by atoms with E-state index in [2.05, 4.69) is 199 Å². The molecule has 3 atom stereocenters. The molecule has 0 fully saturated rings. The van der Waals surface area contributed by atoms with Crippen LogP contribution in [0.5, 0.6) is 0 Å². The minimum atomic E-state index is -0.145. The number of hydrogen-bond donors (Lipinski definition) is 1. The van der Waals surface area contributed by atoms with Crippen molar-refractivity contribution in [1.82, 2.24) is 9.88 Å². The summed E-state index contributed by atoms with van der Waals surface area (Å²) in [5.74, 6) is 1.10. The number of nitrogens with one attached hydrogen (secondary N) is 1. The lowest BCUT2D eigenvalue weighted by molar-refractivity contribution is 0.311. The van der Waals surface area contributed by atoms with E-state index in [9.17, 15) is 0 Å². The van der Waals surface area contributed by atoms with Gasteiger partial charge in [0.25, 0.3) is 0 Å². The Bertz CT molecular complexity index is 3440. The minimum absolute atomic E-state index is 0.0476. The van der Waals surface area contributed by atoms with Crippen LogP contribution in [0.25, 0.3) is 81.7 Å². The molecule has 276 valence electrons. The van der Waals surface area contributed by atoms with Crippen LogP contribution in [-0.4, -0.2) is 10.4 Å². The molecule has 1 aliphatic heterocycles. The van der Waals surface area contributed by atoms with Crippen molar-refractivity contribution in [3.05, 3.63) is 199 Å². The first-order valence-electron chi connectivity index (χ1n) is 20.4. The van der Waals surface area contributed by atoms with Crippen LogP contribution in [0.3, 0.4) is 0 Å². The van der Waals surface area contributed by atoms with Crippen molar-refractivity contribution in [2.75, 3.05) is 0 Å². The van der Waals surface area contributed by atoms with E-state index < -0.39 is 0 Å². The Balaban J connectivity index is 1.20. The van der Waals surface area contributed by atoms with Gasteiger partial charge in [-0.15, -0.1) is 0 Å². The zero-order valence-corrected chi connectivity index (χ0v) is 32.1. The summed E-state index contributed by atoms with van der Waals surface area (Å²) in [6, 6.07) is 66.0. The zero-order chi connectivity index (χ0) is 38.3.